The topological polar surface area (TPSA) is 93.4 Å². The van der Waals surface area contributed by atoms with Crippen LogP contribution in [0.15, 0.2) is 65.7 Å². The Balaban J connectivity index is 1.98. The Morgan fingerprint density at radius 2 is 1.81 bits per heavy atom. The standard InChI is InChI=1S/C19H21N3O4S/c1-26-16-10-8-15(9-11-16)18-14-22(12-5-13-23)20-19(18)21-27(24,25)17-6-3-2-4-7-17/h2-4,6-11,14,23H,5,12-13H2,1H3,(H,20,21). The molecule has 142 valence electrons. The maximum Gasteiger partial charge on any atom is 0.263 e. The molecule has 0 fully saturated rings. The van der Waals surface area contributed by atoms with Gasteiger partial charge in [-0.1, -0.05) is 30.3 Å². The first-order valence-electron chi connectivity index (χ1n) is 8.44. The molecule has 0 radical (unpaired) electrons. The normalized spacial score (nSPS) is 11.3. The van der Waals surface area contributed by atoms with Gasteiger partial charge in [0, 0.05) is 24.9 Å². The maximum atomic E-state index is 12.7. The van der Waals surface area contributed by atoms with Gasteiger partial charge in [-0.15, -0.1) is 0 Å². The quantitative estimate of drug-likeness (QED) is 0.620. The Kier molecular flexibility index (Phi) is 5.78. The van der Waals surface area contributed by atoms with Gasteiger partial charge < -0.3 is 9.84 Å². The van der Waals surface area contributed by atoms with Crippen LogP contribution in [0.25, 0.3) is 11.1 Å². The molecule has 3 aromatic rings. The number of rotatable bonds is 8. The van der Waals surface area contributed by atoms with Crippen LogP contribution >= 0.6 is 0 Å². The molecule has 1 aromatic heterocycles. The Hall–Kier alpha value is -2.84. The van der Waals surface area contributed by atoms with E-state index in [4.69, 9.17) is 9.84 Å². The highest BCUT2D eigenvalue weighted by Gasteiger charge is 2.19. The molecule has 0 unspecified atom stereocenters. The lowest BCUT2D eigenvalue weighted by Crippen LogP contribution is -2.14. The Labute approximate surface area is 158 Å². The molecule has 0 saturated carbocycles. The van der Waals surface area contributed by atoms with Crippen molar-refractivity contribution < 1.29 is 18.3 Å². The van der Waals surface area contributed by atoms with Gasteiger partial charge in [0.25, 0.3) is 10.0 Å². The van der Waals surface area contributed by atoms with E-state index in [1.54, 1.807) is 48.3 Å². The number of aliphatic hydroxyl groups excluding tert-OH is 1. The zero-order chi connectivity index (χ0) is 19.3. The van der Waals surface area contributed by atoms with Crippen molar-refractivity contribution in [2.45, 2.75) is 17.9 Å². The zero-order valence-corrected chi connectivity index (χ0v) is 15.7. The average molecular weight is 387 g/mol. The summed E-state index contributed by atoms with van der Waals surface area (Å²) >= 11 is 0. The highest BCUT2D eigenvalue weighted by molar-refractivity contribution is 7.92. The second-order valence-corrected chi connectivity index (χ2v) is 7.56. The molecule has 0 aliphatic carbocycles. The lowest BCUT2D eigenvalue weighted by molar-refractivity contribution is 0.277. The number of aryl methyl sites for hydroxylation is 1. The summed E-state index contributed by atoms with van der Waals surface area (Å²) in [5, 5.41) is 13.4. The van der Waals surface area contributed by atoms with Gasteiger partial charge in [0.15, 0.2) is 5.82 Å². The van der Waals surface area contributed by atoms with Crippen molar-refractivity contribution in [3.8, 4) is 16.9 Å². The number of benzene rings is 2. The monoisotopic (exact) mass is 387 g/mol. The van der Waals surface area contributed by atoms with Crippen LogP contribution in [0.2, 0.25) is 0 Å². The second kappa shape index (κ2) is 8.24. The number of ether oxygens (including phenoxy) is 1. The number of aromatic nitrogens is 2. The summed E-state index contributed by atoms with van der Waals surface area (Å²) in [6.45, 7) is 0.509. The summed E-state index contributed by atoms with van der Waals surface area (Å²) in [5.74, 6) is 0.944. The van der Waals surface area contributed by atoms with E-state index in [0.29, 0.717) is 24.3 Å². The third-order valence-corrected chi connectivity index (χ3v) is 5.35. The number of nitrogens with zero attached hydrogens (tertiary/aromatic N) is 2. The molecule has 0 spiro atoms. The third kappa shape index (κ3) is 4.47. The van der Waals surface area contributed by atoms with Crippen molar-refractivity contribution in [2.24, 2.45) is 0 Å². The highest BCUT2D eigenvalue weighted by atomic mass is 32.2. The molecule has 3 rings (SSSR count). The van der Waals surface area contributed by atoms with Crippen molar-refractivity contribution in [1.82, 2.24) is 9.78 Å². The number of hydrogen-bond acceptors (Lipinski definition) is 5. The number of methoxy groups -OCH3 is 1. The molecule has 0 atom stereocenters. The van der Waals surface area contributed by atoms with Crippen molar-refractivity contribution in [2.75, 3.05) is 18.4 Å². The van der Waals surface area contributed by atoms with Crippen molar-refractivity contribution in [1.29, 1.82) is 0 Å². The molecule has 0 aliphatic heterocycles. The molecular weight excluding hydrogens is 366 g/mol. The lowest BCUT2D eigenvalue weighted by atomic mass is 10.1. The van der Waals surface area contributed by atoms with Crippen LogP contribution in [0.3, 0.4) is 0 Å². The fourth-order valence-electron chi connectivity index (χ4n) is 2.61. The van der Waals surface area contributed by atoms with Crippen molar-refractivity contribution in [3.63, 3.8) is 0 Å². The summed E-state index contributed by atoms with van der Waals surface area (Å²) in [6, 6.07) is 15.4. The molecule has 2 aromatic carbocycles. The van der Waals surface area contributed by atoms with Crippen LogP contribution in [-0.2, 0) is 16.6 Å². The van der Waals surface area contributed by atoms with E-state index in [-0.39, 0.29) is 17.3 Å². The van der Waals surface area contributed by atoms with Gasteiger partial charge in [-0.3, -0.25) is 9.40 Å². The second-order valence-electron chi connectivity index (χ2n) is 5.88. The van der Waals surface area contributed by atoms with Gasteiger partial charge in [-0.25, -0.2) is 8.42 Å². The zero-order valence-electron chi connectivity index (χ0n) is 14.9. The molecule has 0 bridgehead atoms. The maximum absolute atomic E-state index is 12.7. The largest absolute Gasteiger partial charge is 0.497 e. The summed E-state index contributed by atoms with van der Waals surface area (Å²) in [6.07, 6.45) is 2.29. The molecule has 2 N–H and O–H groups in total. The van der Waals surface area contributed by atoms with Crippen LogP contribution < -0.4 is 9.46 Å². The van der Waals surface area contributed by atoms with Crippen molar-refractivity contribution in [3.05, 3.63) is 60.8 Å². The van der Waals surface area contributed by atoms with E-state index in [1.807, 2.05) is 12.1 Å². The predicted octanol–water partition coefficient (Wildman–Crippen LogP) is 2.74. The molecule has 7 nitrogen and oxygen atoms in total. The minimum Gasteiger partial charge on any atom is -0.497 e. The molecule has 0 aliphatic rings. The van der Waals surface area contributed by atoms with Gasteiger partial charge >= 0.3 is 0 Å². The van der Waals surface area contributed by atoms with E-state index in [2.05, 4.69) is 9.82 Å². The van der Waals surface area contributed by atoms with E-state index in [0.717, 1.165) is 5.56 Å². The molecule has 0 saturated heterocycles. The van der Waals surface area contributed by atoms with Crippen LogP contribution in [0.1, 0.15) is 6.42 Å². The molecule has 1 heterocycles. The van der Waals surface area contributed by atoms with Crippen LogP contribution in [0.4, 0.5) is 5.82 Å². The predicted molar refractivity (Wildman–Crippen MR) is 103 cm³/mol. The Bertz CT molecular complexity index is 984. The van der Waals surface area contributed by atoms with Gasteiger partial charge in [0.1, 0.15) is 5.75 Å². The fourth-order valence-corrected chi connectivity index (χ4v) is 3.65. The summed E-state index contributed by atoms with van der Waals surface area (Å²) < 4.78 is 34.7. The fraction of sp³-hybridized carbons (Fsp3) is 0.211. The third-order valence-electron chi connectivity index (χ3n) is 3.99. The number of sulfonamides is 1. The molecule has 27 heavy (non-hydrogen) atoms. The molecule has 8 heteroatoms. The molecule has 0 amide bonds. The minimum absolute atomic E-state index is 0.0306. The number of hydrogen-bond donors (Lipinski definition) is 2. The summed E-state index contributed by atoms with van der Waals surface area (Å²) in [5.41, 5.74) is 1.45. The van der Waals surface area contributed by atoms with E-state index in [9.17, 15) is 8.42 Å². The van der Waals surface area contributed by atoms with Crippen LogP contribution in [-0.4, -0.2) is 37.0 Å². The average Bonchev–Trinajstić information content (AvgIpc) is 3.09. The van der Waals surface area contributed by atoms with Crippen molar-refractivity contribution >= 4 is 15.8 Å². The van der Waals surface area contributed by atoms with Crippen LogP contribution in [0, 0.1) is 0 Å². The Morgan fingerprint density at radius 1 is 1.11 bits per heavy atom. The van der Waals surface area contributed by atoms with Gasteiger partial charge in [0.05, 0.1) is 12.0 Å². The van der Waals surface area contributed by atoms with Gasteiger partial charge in [-0.05, 0) is 36.2 Å². The van der Waals surface area contributed by atoms with Crippen LogP contribution in [0.5, 0.6) is 5.75 Å². The van der Waals surface area contributed by atoms with E-state index in [1.165, 1.54) is 12.1 Å². The highest BCUT2D eigenvalue weighted by Crippen LogP contribution is 2.30. The smallest absolute Gasteiger partial charge is 0.263 e. The van der Waals surface area contributed by atoms with E-state index < -0.39 is 10.0 Å². The number of aliphatic hydroxyl groups is 1. The van der Waals surface area contributed by atoms with Gasteiger partial charge in [0.2, 0.25) is 0 Å². The van der Waals surface area contributed by atoms with Gasteiger partial charge in [-0.2, -0.15) is 5.10 Å². The summed E-state index contributed by atoms with van der Waals surface area (Å²) in [4.78, 5) is 0.163. The summed E-state index contributed by atoms with van der Waals surface area (Å²) in [7, 11) is -2.18. The molecular formula is C19H21N3O4S. The minimum atomic E-state index is -3.76. The van der Waals surface area contributed by atoms with E-state index >= 15 is 0 Å². The first kappa shape index (κ1) is 18.9. The SMILES string of the molecule is COc1ccc(-c2cn(CCCO)nc2NS(=O)(=O)c2ccccc2)cc1. The number of anilines is 1. The first-order chi connectivity index (χ1) is 13.0. The number of nitrogens with one attached hydrogen (secondary N) is 1. The Morgan fingerprint density at radius 3 is 2.44 bits per heavy atom. The lowest BCUT2D eigenvalue weighted by Gasteiger charge is -2.08. The first-order valence-corrected chi connectivity index (χ1v) is 9.92.